The lowest BCUT2D eigenvalue weighted by atomic mass is 9.80. The quantitative estimate of drug-likeness (QED) is 0.744. The van der Waals surface area contributed by atoms with Gasteiger partial charge in [0.25, 0.3) is 0 Å². The van der Waals surface area contributed by atoms with Gasteiger partial charge in [-0.2, -0.15) is 0 Å². The molecule has 2 rings (SSSR count). The minimum Gasteiger partial charge on any atom is -0.422 e. The fourth-order valence-corrected chi connectivity index (χ4v) is 1.76. The van der Waals surface area contributed by atoms with Crippen molar-refractivity contribution in [2.24, 2.45) is 0 Å². The Morgan fingerprint density at radius 2 is 1.90 bits per heavy atom. The molecule has 0 saturated heterocycles. The molecule has 0 aliphatic heterocycles. The maximum atomic E-state index is 13.6. The molecule has 0 amide bonds. The molecule has 108 valence electrons. The van der Waals surface area contributed by atoms with Gasteiger partial charge < -0.3 is 19.8 Å². The first kappa shape index (κ1) is 15.0. The predicted molar refractivity (Wildman–Crippen MR) is 77.3 cm³/mol. The lowest BCUT2D eigenvalue weighted by Crippen LogP contribution is -2.53. The summed E-state index contributed by atoms with van der Waals surface area (Å²) in [6.07, 6.45) is 0. The number of halogens is 1. The van der Waals surface area contributed by atoms with Crippen molar-refractivity contribution < 1.29 is 19.2 Å². The molecule has 0 radical (unpaired) electrons. The van der Waals surface area contributed by atoms with Crippen LogP contribution in [0.4, 0.5) is 4.39 Å². The highest BCUT2D eigenvalue weighted by Gasteiger charge is 2.40. The molecule has 0 atom stereocenters. The summed E-state index contributed by atoms with van der Waals surface area (Å²) in [6, 6.07) is 6.17. The Bertz CT molecular complexity index is 618. The van der Waals surface area contributed by atoms with Gasteiger partial charge in [-0.05, 0) is 45.9 Å². The zero-order valence-electron chi connectivity index (χ0n) is 12.1. The topological polar surface area (TPSA) is 65.5 Å². The minimum atomic E-state index is -1.27. The van der Waals surface area contributed by atoms with Crippen LogP contribution in [0.5, 0.6) is 0 Å². The minimum absolute atomic E-state index is 0.349. The highest BCUT2D eigenvalue weighted by Crippen LogP contribution is 2.25. The molecule has 2 aromatic rings. The molecule has 1 heterocycles. The molecule has 0 aliphatic rings. The summed E-state index contributed by atoms with van der Waals surface area (Å²) in [6.45, 7) is 6.56. The fraction of sp³-hybridized carbons (Fsp3) is 0.429. The van der Waals surface area contributed by atoms with Crippen molar-refractivity contribution in [2.45, 2.75) is 38.9 Å². The summed E-state index contributed by atoms with van der Waals surface area (Å²) in [5, 5.41) is 20.5. The van der Waals surface area contributed by atoms with Crippen LogP contribution >= 0.6 is 0 Å². The zero-order chi connectivity index (χ0) is 15.1. The van der Waals surface area contributed by atoms with Gasteiger partial charge in [0.1, 0.15) is 5.82 Å². The van der Waals surface area contributed by atoms with Crippen molar-refractivity contribution >= 4 is 23.6 Å². The van der Waals surface area contributed by atoms with E-state index in [1.165, 1.54) is 12.1 Å². The summed E-state index contributed by atoms with van der Waals surface area (Å²) in [5.41, 5.74) is -1.17. The van der Waals surface area contributed by atoms with Crippen LogP contribution in [0, 0.1) is 5.82 Å². The number of hydrogen-bond donors (Lipinski definition) is 3. The molecule has 6 heteroatoms. The molecule has 1 aromatic heterocycles. The van der Waals surface area contributed by atoms with Crippen molar-refractivity contribution in [3.05, 3.63) is 30.1 Å². The molecule has 0 saturated carbocycles. The Labute approximate surface area is 117 Å². The summed E-state index contributed by atoms with van der Waals surface area (Å²) in [7, 11) is -1.27. The molecule has 3 N–H and O–H groups in total. The van der Waals surface area contributed by atoms with Gasteiger partial charge in [-0.25, -0.2) is 4.39 Å². The molecule has 0 bridgehead atoms. The largest absolute Gasteiger partial charge is 0.508 e. The number of fused-ring (bicyclic) bond motifs is 1. The van der Waals surface area contributed by atoms with Crippen LogP contribution in [0.1, 0.15) is 27.7 Å². The van der Waals surface area contributed by atoms with Crippen LogP contribution in [-0.2, 0) is 4.65 Å². The van der Waals surface area contributed by atoms with Crippen molar-refractivity contribution in [1.82, 2.24) is 4.98 Å². The van der Waals surface area contributed by atoms with Gasteiger partial charge in [-0.15, -0.1) is 0 Å². The standard InChI is InChI=1S/C14H19BFNO3/c1-13(2,18)14(3,4)20-15(19)12-8-9-10(16)6-5-7-11(9)17-12/h5-8,17-19H,1-4H3. The molecular weight excluding hydrogens is 260 g/mol. The lowest BCUT2D eigenvalue weighted by Gasteiger charge is -2.38. The third-order valence-corrected chi connectivity index (χ3v) is 3.78. The maximum absolute atomic E-state index is 13.6. The number of aromatic amines is 1. The monoisotopic (exact) mass is 279 g/mol. The first-order valence-electron chi connectivity index (χ1n) is 6.47. The predicted octanol–water partition coefficient (Wildman–Crippen LogP) is 1.56. The van der Waals surface area contributed by atoms with Gasteiger partial charge in [-0.3, -0.25) is 0 Å². The number of hydrogen-bond acceptors (Lipinski definition) is 3. The number of aromatic nitrogens is 1. The summed E-state index contributed by atoms with van der Waals surface area (Å²) >= 11 is 0. The first-order valence-corrected chi connectivity index (χ1v) is 6.47. The van der Waals surface area contributed by atoms with Gasteiger partial charge in [0.2, 0.25) is 0 Å². The molecule has 0 unspecified atom stereocenters. The Hall–Kier alpha value is -1.37. The third-order valence-electron chi connectivity index (χ3n) is 3.78. The molecule has 1 aromatic carbocycles. The van der Waals surface area contributed by atoms with Crippen LogP contribution in [0.15, 0.2) is 24.3 Å². The normalized spacial score (nSPS) is 12.9. The van der Waals surface area contributed by atoms with E-state index >= 15 is 0 Å². The molecule has 4 nitrogen and oxygen atoms in total. The van der Waals surface area contributed by atoms with Gasteiger partial charge in [0.15, 0.2) is 0 Å². The van der Waals surface area contributed by atoms with Gasteiger partial charge in [0, 0.05) is 16.5 Å². The number of aliphatic hydroxyl groups is 1. The number of benzene rings is 1. The Balaban J connectivity index is 2.28. The maximum Gasteiger partial charge on any atom is 0.508 e. The molecule has 20 heavy (non-hydrogen) atoms. The van der Waals surface area contributed by atoms with E-state index in [0.717, 1.165) is 0 Å². The Morgan fingerprint density at radius 1 is 1.25 bits per heavy atom. The molecule has 0 aliphatic carbocycles. The van der Waals surface area contributed by atoms with E-state index in [2.05, 4.69) is 4.98 Å². The van der Waals surface area contributed by atoms with Crippen LogP contribution in [0.3, 0.4) is 0 Å². The van der Waals surface area contributed by atoms with Crippen molar-refractivity contribution in [3.63, 3.8) is 0 Å². The number of H-pyrrole nitrogens is 1. The first-order chi connectivity index (χ1) is 9.12. The average Bonchev–Trinajstić information content (AvgIpc) is 2.72. The molecule has 0 fully saturated rings. The van der Waals surface area contributed by atoms with E-state index in [1.54, 1.807) is 39.8 Å². The second-order valence-electron chi connectivity index (χ2n) is 5.97. The Kier molecular flexibility index (Phi) is 3.66. The number of rotatable bonds is 4. The van der Waals surface area contributed by atoms with Crippen LogP contribution in [0.2, 0.25) is 0 Å². The van der Waals surface area contributed by atoms with E-state index in [0.29, 0.717) is 16.5 Å². The molecule has 0 spiro atoms. The lowest BCUT2D eigenvalue weighted by molar-refractivity contribution is -0.0983. The highest BCUT2D eigenvalue weighted by molar-refractivity contribution is 6.59. The second-order valence-corrected chi connectivity index (χ2v) is 5.97. The SMILES string of the molecule is CC(C)(O)C(C)(C)OB(O)c1cc2c(F)cccc2[nH]1. The summed E-state index contributed by atoms with van der Waals surface area (Å²) in [5.74, 6) is -0.362. The van der Waals surface area contributed by atoms with E-state index < -0.39 is 18.3 Å². The zero-order valence-corrected chi connectivity index (χ0v) is 12.1. The van der Waals surface area contributed by atoms with E-state index in [4.69, 9.17) is 4.65 Å². The Morgan fingerprint density at radius 3 is 2.45 bits per heavy atom. The second kappa shape index (κ2) is 4.88. The highest BCUT2D eigenvalue weighted by atomic mass is 19.1. The van der Waals surface area contributed by atoms with Gasteiger partial charge >= 0.3 is 7.12 Å². The van der Waals surface area contributed by atoms with Crippen molar-refractivity contribution in [3.8, 4) is 0 Å². The number of nitrogens with one attached hydrogen (secondary N) is 1. The van der Waals surface area contributed by atoms with E-state index in [-0.39, 0.29) is 5.82 Å². The van der Waals surface area contributed by atoms with Gasteiger partial charge in [-0.1, -0.05) is 6.07 Å². The fourth-order valence-electron chi connectivity index (χ4n) is 1.76. The van der Waals surface area contributed by atoms with Crippen molar-refractivity contribution in [2.75, 3.05) is 0 Å². The smallest absolute Gasteiger partial charge is 0.422 e. The van der Waals surface area contributed by atoms with E-state index in [1.807, 2.05) is 0 Å². The van der Waals surface area contributed by atoms with Crippen LogP contribution in [0.25, 0.3) is 10.9 Å². The molecular formula is C14H19BFNO3. The van der Waals surface area contributed by atoms with Gasteiger partial charge in [0.05, 0.1) is 11.2 Å². The average molecular weight is 279 g/mol. The van der Waals surface area contributed by atoms with Crippen LogP contribution < -0.4 is 5.59 Å². The summed E-state index contributed by atoms with van der Waals surface area (Å²) in [4.78, 5) is 2.91. The third kappa shape index (κ3) is 2.72. The van der Waals surface area contributed by atoms with Crippen molar-refractivity contribution in [1.29, 1.82) is 0 Å². The van der Waals surface area contributed by atoms with Crippen LogP contribution in [-0.4, -0.2) is 33.4 Å². The van der Waals surface area contributed by atoms with E-state index in [9.17, 15) is 14.5 Å². The summed E-state index contributed by atoms with van der Waals surface area (Å²) < 4.78 is 19.1.